The number of hydrogen-bond acceptors (Lipinski definition) is 4. The number of aromatic nitrogens is 1. The Labute approximate surface area is 163 Å². The molecule has 5 heteroatoms. The first-order valence-electron chi connectivity index (χ1n) is 9.10. The van der Waals surface area contributed by atoms with Crippen LogP contribution in [0, 0.1) is 17.1 Å². The van der Waals surface area contributed by atoms with E-state index in [1.165, 1.54) is 12.1 Å². The highest BCUT2D eigenvalue weighted by Crippen LogP contribution is 2.25. The SMILES string of the molecule is CC(Oc1ccc(-c2ccc(F)c(C#N)c2)cc1)C(O)CCc1cccnc1. The van der Waals surface area contributed by atoms with Crippen LogP contribution in [0.2, 0.25) is 0 Å². The van der Waals surface area contributed by atoms with E-state index in [0.29, 0.717) is 12.2 Å². The Bertz CT molecular complexity index is 953. The number of hydrogen-bond donors (Lipinski definition) is 1. The summed E-state index contributed by atoms with van der Waals surface area (Å²) in [6, 6.07) is 17.5. The van der Waals surface area contributed by atoms with Gasteiger partial charge in [0.15, 0.2) is 0 Å². The van der Waals surface area contributed by atoms with Crippen molar-refractivity contribution < 1.29 is 14.2 Å². The standard InChI is InChI=1S/C23H21FN2O2/c1-16(23(27)11-4-17-3-2-12-26-15-17)28-21-8-5-18(6-9-21)19-7-10-22(24)20(13-19)14-25/h2-3,5-10,12-13,15-16,23,27H,4,11H2,1H3. The lowest BCUT2D eigenvalue weighted by atomic mass is 10.0. The molecule has 2 atom stereocenters. The Morgan fingerprint density at radius 1 is 1.14 bits per heavy atom. The first-order chi connectivity index (χ1) is 13.6. The molecule has 0 aliphatic rings. The average molecular weight is 376 g/mol. The third-order valence-electron chi connectivity index (χ3n) is 4.59. The molecule has 0 spiro atoms. The Balaban J connectivity index is 1.59. The first-order valence-corrected chi connectivity index (χ1v) is 9.10. The number of halogens is 1. The fraction of sp³-hybridized carbons (Fsp3) is 0.217. The summed E-state index contributed by atoms with van der Waals surface area (Å²) in [6.07, 6.45) is 3.87. The zero-order valence-electron chi connectivity index (χ0n) is 15.5. The van der Waals surface area contributed by atoms with Crippen molar-refractivity contribution in [3.05, 3.63) is 83.9 Å². The number of rotatable bonds is 7. The number of nitriles is 1. The Morgan fingerprint density at radius 2 is 1.89 bits per heavy atom. The van der Waals surface area contributed by atoms with E-state index in [2.05, 4.69) is 4.98 Å². The third-order valence-corrected chi connectivity index (χ3v) is 4.59. The van der Waals surface area contributed by atoms with Crippen LogP contribution in [0.15, 0.2) is 67.0 Å². The maximum absolute atomic E-state index is 13.5. The summed E-state index contributed by atoms with van der Waals surface area (Å²) in [5.74, 6) is 0.111. The highest BCUT2D eigenvalue weighted by molar-refractivity contribution is 5.66. The number of aliphatic hydroxyl groups is 1. The molecule has 1 N–H and O–H groups in total. The van der Waals surface area contributed by atoms with Gasteiger partial charge in [-0.25, -0.2) is 4.39 Å². The minimum Gasteiger partial charge on any atom is -0.488 e. The van der Waals surface area contributed by atoms with Crippen LogP contribution >= 0.6 is 0 Å². The van der Waals surface area contributed by atoms with E-state index in [1.807, 2.05) is 37.3 Å². The van der Waals surface area contributed by atoms with E-state index in [0.717, 1.165) is 23.1 Å². The van der Waals surface area contributed by atoms with E-state index in [-0.39, 0.29) is 11.7 Å². The smallest absolute Gasteiger partial charge is 0.140 e. The van der Waals surface area contributed by atoms with Crippen molar-refractivity contribution in [2.45, 2.75) is 32.0 Å². The monoisotopic (exact) mass is 376 g/mol. The van der Waals surface area contributed by atoms with Gasteiger partial charge in [-0.2, -0.15) is 5.26 Å². The van der Waals surface area contributed by atoms with Gasteiger partial charge in [-0.1, -0.05) is 24.3 Å². The van der Waals surface area contributed by atoms with Gasteiger partial charge in [0.1, 0.15) is 23.7 Å². The van der Waals surface area contributed by atoms with Crippen molar-refractivity contribution in [3.8, 4) is 22.9 Å². The molecule has 0 radical (unpaired) electrons. The Hall–Kier alpha value is -3.23. The summed E-state index contributed by atoms with van der Waals surface area (Å²) in [5, 5.41) is 19.3. The zero-order valence-corrected chi connectivity index (χ0v) is 15.5. The third kappa shape index (κ3) is 4.93. The molecule has 142 valence electrons. The fourth-order valence-corrected chi connectivity index (χ4v) is 2.90. The van der Waals surface area contributed by atoms with Crippen LogP contribution in [-0.4, -0.2) is 22.3 Å². The van der Waals surface area contributed by atoms with Gasteiger partial charge in [-0.05, 0) is 66.8 Å². The van der Waals surface area contributed by atoms with Gasteiger partial charge in [0.25, 0.3) is 0 Å². The molecule has 0 aliphatic carbocycles. The minimum atomic E-state index is -0.602. The van der Waals surface area contributed by atoms with Gasteiger partial charge < -0.3 is 9.84 Å². The molecule has 4 nitrogen and oxygen atoms in total. The van der Waals surface area contributed by atoms with Crippen LogP contribution in [0.3, 0.4) is 0 Å². The summed E-state index contributed by atoms with van der Waals surface area (Å²) in [6.45, 7) is 1.83. The van der Waals surface area contributed by atoms with E-state index in [9.17, 15) is 9.50 Å². The second-order valence-electron chi connectivity index (χ2n) is 6.62. The predicted octanol–water partition coefficient (Wildman–Crippen LogP) is 4.52. The van der Waals surface area contributed by atoms with Crippen molar-refractivity contribution in [3.63, 3.8) is 0 Å². The van der Waals surface area contributed by atoms with Gasteiger partial charge in [-0.15, -0.1) is 0 Å². The molecule has 0 saturated carbocycles. The molecule has 0 aliphatic heterocycles. The van der Waals surface area contributed by atoms with Gasteiger partial charge in [0.05, 0.1) is 11.7 Å². The molecule has 0 bridgehead atoms. The lowest BCUT2D eigenvalue weighted by Crippen LogP contribution is -2.29. The summed E-state index contributed by atoms with van der Waals surface area (Å²) in [4.78, 5) is 4.07. The number of nitrogens with zero attached hydrogens (tertiary/aromatic N) is 2. The summed E-state index contributed by atoms with van der Waals surface area (Å²) in [5.41, 5.74) is 2.71. The lowest BCUT2D eigenvalue weighted by Gasteiger charge is -2.20. The molecule has 1 aromatic heterocycles. The van der Waals surface area contributed by atoms with Crippen LogP contribution in [0.25, 0.3) is 11.1 Å². The first kappa shape index (κ1) is 19.5. The van der Waals surface area contributed by atoms with Crippen molar-refractivity contribution >= 4 is 0 Å². The number of aryl methyl sites for hydroxylation is 1. The topological polar surface area (TPSA) is 66.1 Å². The van der Waals surface area contributed by atoms with Gasteiger partial charge in [0, 0.05) is 12.4 Å². The van der Waals surface area contributed by atoms with Crippen molar-refractivity contribution in [1.29, 1.82) is 5.26 Å². The van der Waals surface area contributed by atoms with E-state index in [4.69, 9.17) is 10.00 Å². The van der Waals surface area contributed by atoms with Crippen molar-refractivity contribution in [2.75, 3.05) is 0 Å². The lowest BCUT2D eigenvalue weighted by molar-refractivity contribution is 0.0420. The zero-order chi connectivity index (χ0) is 19.9. The van der Waals surface area contributed by atoms with Gasteiger partial charge in [0.2, 0.25) is 0 Å². The molecule has 2 unspecified atom stereocenters. The fourth-order valence-electron chi connectivity index (χ4n) is 2.90. The summed E-state index contributed by atoms with van der Waals surface area (Å²) >= 11 is 0. The van der Waals surface area contributed by atoms with E-state index in [1.54, 1.807) is 30.6 Å². The molecular weight excluding hydrogens is 355 g/mol. The number of benzene rings is 2. The van der Waals surface area contributed by atoms with Crippen LogP contribution in [-0.2, 0) is 6.42 Å². The van der Waals surface area contributed by atoms with Crippen LogP contribution in [0.1, 0.15) is 24.5 Å². The van der Waals surface area contributed by atoms with Crippen LogP contribution in [0.5, 0.6) is 5.75 Å². The quantitative estimate of drug-likeness (QED) is 0.658. The Morgan fingerprint density at radius 3 is 2.57 bits per heavy atom. The highest BCUT2D eigenvalue weighted by Gasteiger charge is 2.16. The van der Waals surface area contributed by atoms with Crippen LogP contribution < -0.4 is 4.74 Å². The predicted molar refractivity (Wildman–Crippen MR) is 105 cm³/mol. The normalized spacial score (nSPS) is 12.8. The van der Waals surface area contributed by atoms with Gasteiger partial charge in [-0.3, -0.25) is 4.98 Å². The summed E-state index contributed by atoms with van der Waals surface area (Å²) in [7, 11) is 0. The van der Waals surface area contributed by atoms with Gasteiger partial charge >= 0.3 is 0 Å². The number of pyridine rings is 1. The number of aliphatic hydroxyl groups excluding tert-OH is 1. The number of ether oxygens (including phenoxy) is 1. The molecule has 0 fully saturated rings. The van der Waals surface area contributed by atoms with E-state index < -0.39 is 11.9 Å². The molecule has 2 aromatic carbocycles. The average Bonchev–Trinajstić information content (AvgIpc) is 2.73. The Kier molecular flexibility index (Phi) is 6.36. The highest BCUT2D eigenvalue weighted by atomic mass is 19.1. The molecule has 0 saturated heterocycles. The second-order valence-corrected chi connectivity index (χ2v) is 6.62. The van der Waals surface area contributed by atoms with Crippen LogP contribution in [0.4, 0.5) is 4.39 Å². The molecular formula is C23H21FN2O2. The molecule has 3 rings (SSSR count). The molecule has 1 heterocycles. The van der Waals surface area contributed by atoms with Crippen molar-refractivity contribution in [2.24, 2.45) is 0 Å². The second kappa shape index (κ2) is 9.12. The molecule has 3 aromatic rings. The molecule has 28 heavy (non-hydrogen) atoms. The summed E-state index contributed by atoms with van der Waals surface area (Å²) < 4.78 is 19.3. The molecule has 0 amide bonds. The maximum atomic E-state index is 13.5. The largest absolute Gasteiger partial charge is 0.488 e. The van der Waals surface area contributed by atoms with E-state index >= 15 is 0 Å². The maximum Gasteiger partial charge on any atom is 0.140 e. The van der Waals surface area contributed by atoms with Crippen molar-refractivity contribution in [1.82, 2.24) is 4.98 Å². The minimum absolute atomic E-state index is 0.0168.